The lowest BCUT2D eigenvalue weighted by molar-refractivity contribution is 0.527. The van der Waals surface area contributed by atoms with Crippen LogP contribution in [0.2, 0.25) is 0 Å². The number of furan rings is 1. The van der Waals surface area contributed by atoms with Gasteiger partial charge in [0.05, 0.1) is 11.2 Å². The first kappa shape index (κ1) is 12.3. The third-order valence-corrected chi connectivity index (χ3v) is 4.02. The van der Waals surface area contributed by atoms with Crippen LogP contribution in [-0.2, 0) is 0 Å². The Bertz CT molecular complexity index is 492. The van der Waals surface area contributed by atoms with Crippen molar-refractivity contribution in [2.75, 3.05) is 0 Å². The number of hydrogen-bond donors (Lipinski definition) is 1. The fraction of sp³-hybridized carbons (Fsp3) is 0.286. The van der Waals surface area contributed by atoms with Crippen LogP contribution in [0.25, 0.3) is 0 Å². The summed E-state index contributed by atoms with van der Waals surface area (Å²) in [6, 6.07) is 10.4. The summed E-state index contributed by atoms with van der Waals surface area (Å²) in [5, 5.41) is 0. The van der Waals surface area contributed by atoms with E-state index >= 15 is 0 Å². The van der Waals surface area contributed by atoms with Gasteiger partial charge in [0.15, 0.2) is 0 Å². The zero-order valence-electron chi connectivity index (χ0n) is 10.1. The second kappa shape index (κ2) is 5.43. The predicted molar refractivity (Wildman–Crippen MR) is 71.2 cm³/mol. The molecule has 3 heteroatoms. The summed E-state index contributed by atoms with van der Waals surface area (Å²) in [6.07, 6.45) is 2.67. The van der Waals surface area contributed by atoms with Crippen molar-refractivity contribution >= 4 is 11.8 Å². The van der Waals surface area contributed by atoms with Crippen molar-refractivity contribution < 1.29 is 4.42 Å². The van der Waals surface area contributed by atoms with Crippen molar-refractivity contribution in [3.8, 4) is 0 Å². The summed E-state index contributed by atoms with van der Waals surface area (Å²) in [6.45, 7) is 4.08. The van der Waals surface area contributed by atoms with Crippen molar-refractivity contribution in [3.05, 3.63) is 47.9 Å². The lowest BCUT2D eigenvalue weighted by Crippen LogP contribution is -2.09. The molecular weight excluding hydrogens is 230 g/mol. The van der Waals surface area contributed by atoms with Gasteiger partial charge >= 0.3 is 0 Å². The molecule has 0 aliphatic carbocycles. The summed E-state index contributed by atoms with van der Waals surface area (Å²) < 4.78 is 5.31. The molecule has 1 heterocycles. The second-order valence-corrected chi connectivity index (χ2v) is 5.08. The Morgan fingerprint density at radius 1 is 1.24 bits per heavy atom. The molecule has 0 amide bonds. The van der Waals surface area contributed by atoms with Crippen LogP contribution in [0.15, 0.2) is 50.8 Å². The summed E-state index contributed by atoms with van der Waals surface area (Å²) in [7, 11) is 0. The molecule has 0 aliphatic rings. The van der Waals surface area contributed by atoms with Crippen LogP contribution in [0, 0.1) is 6.92 Å². The molecule has 0 spiro atoms. The Labute approximate surface area is 106 Å². The monoisotopic (exact) mass is 247 g/mol. The van der Waals surface area contributed by atoms with Gasteiger partial charge in [0.2, 0.25) is 0 Å². The molecule has 1 aromatic heterocycles. The van der Waals surface area contributed by atoms with Gasteiger partial charge in [0.25, 0.3) is 0 Å². The van der Waals surface area contributed by atoms with Gasteiger partial charge in [-0.25, -0.2) is 0 Å². The van der Waals surface area contributed by atoms with E-state index in [0.29, 0.717) is 0 Å². The minimum Gasteiger partial charge on any atom is -0.468 e. The highest BCUT2D eigenvalue weighted by Gasteiger charge is 2.11. The van der Waals surface area contributed by atoms with Gasteiger partial charge < -0.3 is 10.2 Å². The Balaban J connectivity index is 2.30. The van der Waals surface area contributed by atoms with E-state index in [4.69, 9.17) is 10.2 Å². The van der Waals surface area contributed by atoms with Gasteiger partial charge in [-0.2, -0.15) is 0 Å². The van der Waals surface area contributed by atoms with Crippen molar-refractivity contribution in [3.63, 3.8) is 0 Å². The van der Waals surface area contributed by atoms with E-state index in [1.807, 2.05) is 25.1 Å². The SMILES string of the molecule is CC[C@@H](N)c1ccccc1Sc1ccoc1C. The van der Waals surface area contributed by atoms with E-state index in [9.17, 15) is 0 Å². The Morgan fingerprint density at radius 2 is 2.00 bits per heavy atom. The van der Waals surface area contributed by atoms with Crippen molar-refractivity contribution in [1.29, 1.82) is 0 Å². The number of aryl methyl sites for hydroxylation is 1. The van der Waals surface area contributed by atoms with Crippen LogP contribution in [0.5, 0.6) is 0 Å². The predicted octanol–water partition coefficient (Wildman–Crippen LogP) is 4.15. The molecule has 2 N–H and O–H groups in total. The number of benzene rings is 1. The van der Waals surface area contributed by atoms with Gasteiger partial charge in [-0.1, -0.05) is 36.9 Å². The molecule has 0 saturated heterocycles. The van der Waals surface area contributed by atoms with Crippen LogP contribution >= 0.6 is 11.8 Å². The van der Waals surface area contributed by atoms with E-state index < -0.39 is 0 Å². The molecule has 90 valence electrons. The third-order valence-electron chi connectivity index (χ3n) is 2.79. The molecule has 1 atom stereocenters. The maximum Gasteiger partial charge on any atom is 0.114 e. The highest BCUT2D eigenvalue weighted by molar-refractivity contribution is 7.99. The molecule has 17 heavy (non-hydrogen) atoms. The zero-order valence-corrected chi connectivity index (χ0v) is 11.0. The molecule has 1 aromatic carbocycles. The molecule has 2 rings (SSSR count). The van der Waals surface area contributed by atoms with E-state index in [2.05, 4.69) is 19.1 Å². The molecule has 0 aliphatic heterocycles. The van der Waals surface area contributed by atoms with Crippen LogP contribution in [0.3, 0.4) is 0 Å². The van der Waals surface area contributed by atoms with Gasteiger partial charge in [-0.05, 0) is 31.0 Å². The lowest BCUT2D eigenvalue weighted by atomic mass is 10.1. The van der Waals surface area contributed by atoms with E-state index in [0.717, 1.165) is 17.1 Å². The largest absolute Gasteiger partial charge is 0.468 e. The first-order valence-electron chi connectivity index (χ1n) is 5.78. The normalized spacial score (nSPS) is 12.6. The smallest absolute Gasteiger partial charge is 0.114 e. The molecule has 0 saturated carbocycles. The number of hydrogen-bond acceptors (Lipinski definition) is 3. The topological polar surface area (TPSA) is 39.2 Å². The fourth-order valence-electron chi connectivity index (χ4n) is 1.70. The standard InChI is InChI=1S/C14H17NOS/c1-3-12(15)11-6-4-5-7-14(11)17-13-8-9-16-10(13)2/h4-9,12H,3,15H2,1-2H3/t12-/m1/s1. The maximum atomic E-state index is 6.13. The highest BCUT2D eigenvalue weighted by atomic mass is 32.2. The van der Waals surface area contributed by atoms with Crippen molar-refractivity contribution in [2.45, 2.75) is 36.1 Å². The van der Waals surface area contributed by atoms with Crippen LogP contribution < -0.4 is 5.73 Å². The Kier molecular flexibility index (Phi) is 3.92. The Hall–Kier alpha value is -1.19. The highest BCUT2D eigenvalue weighted by Crippen LogP contribution is 2.35. The molecule has 0 fully saturated rings. The van der Waals surface area contributed by atoms with Crippen LogP contribution in [0.1, 0.15) is 30.7 Å². The second-order valence-electron chi connectivity index (χ2n) is 4.00. The third kappa shape index (κ3) is 2.73. The minimum atomic E-state index is 0.103. The van der Waals surface area contributed by atoms with Crippen molar-refractivity contribution in [1.82, 2.24) is 0 Å². The molecule has 2 nitrogen and oxygen atoms in total. The first-order chi connectivity index (χ1) is 8.22. The van der Waals surface area contributed by atoms with E-state index in [-0.39, 0.29) is 6.04 Å². The average molecular weight is 247 g/mol. The molecule has 0 radical (unpaired) electrons. The van der Waals surface area contributed by atoms with Crippen LogP contribution in [-0.4, -0.2) is 0 Å². The van der Waals surface area contributed by atoms with Crippen molar-refractivity contribution in [2.24, 2.45) is 5.73 Å². The summed E-state index contributed by atoms with van der Waals surface area (Å²) in [5.41, 5.74) is 7.33. The lowest BCUT2D eigenvalue weighted by Gasteiger charge is -2.13. The first-order valence-corrected chi connectivity index (χ1v) is 6.60. The molecular formula is C14H17NOS. The van der Waals surface area contributed by atoms with Gasteiger partial charge in [0.1, 0.15) is 5.76 Å². The average Bonchev–Trinajstić information content (AvgIpc) is 2.75. The summed E-state index contributed by atoms with van der Waals surface area (Å²) in [5.74, 6) is 0.954. The maximum absolute atomic E-state index is 6.13. The van der Waals surface area contributed by atoms with Gasteiger partial charge in [0, 0.05) is 10.9 Å². The van der Waals surface area contributed by atoms with Crippen LogP contribution in [0.4, 0.5) is 0 Å². The molecule has 2 aromatic rings. The molecule has 0 unspecified atom stereocenters. The summed E-state index contributed by atoms with van der Waals surface area (Å²) >= 11 is 1.72. The number of nitrogens with two attached hydrogens (primary N) is 1. The number of rotatable bonds is 4. The van der Waals surface area contributed by atoms with Gasteiger partial charge in [-0.3, -0.25) is 0 Å². The molecule has 0 bridgehead atoms. The fourth-order valence-corrected chi connectivity index (χ4v) is 2.73. The minimum absolute atomic E-state index is 0.103. The van der Waals surface area contributed by atoms with E-state index in [1.54, 1.807) is 18.0 Å². The zero-order chi connectivity index (χ0) is 12.3. The van der Waals surface area contributed by atoms with E-state index in [1.165, 1.54) is 10.5 Å². The quantitative estimate of drug-likeness (QED) is 0.882. The Morgan fingerprint density at radius 3 is 2.65 bits per heavy atom. The van der Waals surface area contributed by atoms with Gasteiger partial charge in [-0.15, -0.1) is 0 Å². The summed E-state index contributed by atoms with van der Waals surface area (Å²) in [4.78, 5) is 2.37.